The zero-order valence-electron chi connectivity index (χ0n) is 28.6. The summed E-state index contributed by atoms with van der Waals surface area (Å²) in [7, 11) is 0. The maximum atomic E-state index is 8.43. The second-order valence-electron chi connectivity index (χ2n) is 13.4. The fraction of sp³-hybridized carbons (Fsp3) is 0.950. The van der Waals surface area contributed by atoms with Crippen LogP contribution in [0.4, 0.5) is 0 Å². The summed E-state index contributed by atoms with van der Waals surface area (Å²) in [6, 6.07) is 0. The highest BCUT2D eigenvalue weighted by molar-refractivity contribution is 4.88. The lowest BCUT2D eigenvalue weighted by Crippen LogP contribution is -1.85. The zero-order chi connectivity index (χ0) is 29.6. The van der Waals surface area contributed by atoms with Gasteiger partial charge in [0.1, 0.15) is 6.11 Å². The number of rotatable bonds is 36. The molecule has 0 rings (SSSR count). The third-order valence-corrected chi connectivity index (χ3v) is 9.23. The molecule has 0 aromatic rings. The minimum absolute atomic E-state index is 0.857. The summed E-state index contributed by atoms with van der Waals surface area (Å²) in [4.78, 5) is 0. The van der Waals surface area contributed by atoms with Gasteiger partial charge in [0.25, 0.3) is 0 Å². The second-order valence-corrected chi connectivity index (χ2v) is 13.4. The Kier molecular flexibility index (Phi) is 38.7. The first-order valence-electron chi connectivity index (χ1n) is 19.5. The summed E-state index contributed by atoms with van der Waals surface area (Å²) >= 11 is 0. The molecule has 0 aliphatic heterocycles. The van der Waals surface area contributed by atoms with Crippen molar-refractivity contribution in [3.05, 3.63) is 0 Å². The van der Waals surface area contributed by atoms with Crippen molar-refractivity contribution in [2.24, 2.45) is 0 Å². The summed E-state index contributed by atoms with van der Waals surface area (Å²) in [5.74, 6) is 2.73. The van der Waals surface area contributed by atoms with Gasteiger partial charge in [-0.1, -0.05) is 238 Å². The van der Waals surface area contributed by atoms with Gasteiger partial charge in [0, 0.05) is 6.42 Å². The first-order chi connectivity index (χ1) is 20.4. The zero-order valence-corrected chi connectivity index (χ0v) is 28.6. The lowest BCUT2D eigenvalue weighted by Gasteiger charge is -2.05. The average Bonchev–Trinajstić information content (AvgIpc) is 2.98. The average molecular weight is 575 g/mol. The van der Waals surface area contributed by atoms with Gasteiger partial charge in [0.05, 0.1) is 0 Å². The molecule has 0 aromatic carbocycles. The van der Waals surface area contributed by atoms with Gasteiger partial charge >= 0.3 is 0 Å². The molecule has 0 aromatic heterocycles. The summed E-state index contributed by atoms with van der Waals surface area (Å²) in [5.41, 5.74) is 0. The first kappa shape index (κ1) is 40.4. The van der Waals surface area contributed by atoms with Crippen LogP contribution in [0.2, 0.25) is 0 Å². The molecule has 1 N–H and O–H groups in total. The molecule has 1 heteroatoms. The monoisotopic (exact) mass is 575 g/mol. The molecule has 0 spiro atoms. The van der Waals surface area contributed by atoms with Crippen molar-refractivity contribution < 1.29 is 5.11 Å². The van der Waals surface area contributed by atoms with Gasteiger partial charge < -0.3 is 5.11 Å². The number of hydrogen-bond donors (Lipinski definition) is 1. The quantitative estimate of drug-likeness (QED) is 0.0582. The predicted octanol–water partition coefficient (Wildman–Crippen LogP) is 14.8. The molecule has 1 nitrogen and oxygen atoms in total. The highest BCUT2D eigenvalue weighted by Gasteiger charge is 1.97. The topological polar surface area (TPSA) is 20.2 Å². The Hall–Kier alpha value is -0.640. The Morgan fingerprint density at radius 2 is 0.439 bits per heavy atom. The molecular weight excluding hydrogens is 496 g/mol. The number of unbranched alkanes of at least 4 members (excludes halogenated alkanes) is 36. The molecule has 0 atom stereocenters. The highest BCUT2D eigenvalue weighted by atomic mass is 16.2. The van der Waals surface area contributed by atoms with E-state index in [1.165, 1.54) is 225 Å². The second kappa shape index (κ2) is 39.4. The molecule has 0 fully saturated rings. The van der Waals surface area contributed by atoms with Crippen molar-refractivity contribution in [3.8, 4) is 12.0 Å². The Labute approximate surface area is 261 Å². The van der Waals surface area contributed by atoms with Crippen LogP contribution in [0.3, 0.4) is 0 Å². The standard InChI is InChI=1S/C40H78O/c1-2-3-4-5-6-7-8-9-10-11-12-13-14-15-16-17-18-19-20-21-22-23-24-25-26-27-28-29-30-31-32-33-34-35-36-37-38-39-40-41/h41H,2-38H2,1H3. The van der Waals surface area contributed by atoms with Crippen molar-refractivity contribution in [2.45, 2.75) is 244 Å². The minimum Gasteiger partial charge on any atom is -0.462 e. The highest BCUT2D eigenvalue weighted by Crippen LogP contribution is 2.17. The van der Waals surface area contributed by atoms with Crippen LogP contribution in [0.1, 0.15) is 244 Å². The van der Waals surface area contributed by atoms with Crippen molar-refractivity contribution in [3.63, 3.8) is 0 Å². The molecule has 0 saturated carbocycles. The summed E-state index contributed by atoms with van der Waals surface area (Å²) in [5, 5.41) is 8.43. The van der Waals surface area contributed by atoms with Gasteiger partial charge in [-0.15, -0.1) is 0 Å². The molecule has 0 aliphatic rings. The Morgan fingerprint density at radius 3 is 0.610 bits per heavy atom. The summed E-state index contributed by atoms with van der Waals surface area (Å²) in [6.45, 7) is 2.31. The largest absolute Gasteiger partial charge is 0.462 e. The van der Waals surface area contributed by atoms with Crippen LogP contribution in [0.5, 0.6) is 0 Å². The molecule has 244 valence electrons. The van der Waals surface area contributed by atoms with E-state index in [9.17, 15) is 0 Å². The minimum atomic E-state index is 0.857. The van der Waals surface area contributed by atoms with Gasteiger partial charge in [0.15, 0.2) is 0 Å². The Balaban J connectivity index is 3.03. The van der Waals surface area contributed by atoms with Gasteiger partial charge in [0.2, 0.25) is 0 Å². The van der Waals surface area contributed by atoms with Crippen LogP contribution in [0, 0.1) is 12.0 Å². The van der Waals surface area contributed by atoms with Gasteiger partial charge in [-0.3, -0.25) is 0 Å². The lowest BCUT2D eigenvalue weighted by molar-refractivity contribution is 0.510. The molecule has 41 heavy (non-hydrogen) atoms. The van der Waals surface area contributed by atoms with E-state index in [4.69, 9.17) is 5.11 Å². The van der Waals surface area contributed by atoms with Gasteiger partial charge in [-0.2, -0.15) is 0 Å². The number of aliphatic hydroxyl groups is 1. The molecular formula is C40H78O. The van der Waals surface area contributed by atoms with Crippen LogP contribution < -0.4 is 0 Å². The molecule has 0 amide bonds. The molecule has 0 heterocycles. The van der Waals surface area contributed by atoms with Crippen LogP contribution in [-0.2, 0) is 0 Å². The maximum absolute atomic E-state index is 8.43. The van der Waals surface area contributed by atoms with Crippen LogP contribution in [0.25, 0.3) is 0 Å². The third kappa shape index (κ3) is 39.4. The van der Waals surface area contributed by atoms with Crippen molar-refractivity contribution in [2.75, 3.05) is 0 Å². The van der Waals surface area contributed by atoms with E-state index in [1.807, 2.05) is 6.11 Å². The van der Waals surface area contributed by atoms with E-state index < -0.39 is 0 Å². The number of hydrogen-bond acceptors (Lipinski definition) is 1. The first-order valence-corrected chi connectivity index (χ1v) is 19.5. The van der Waals surface area contributed by atoms with Crippen molar-refractivity contribution in [1.29, 1.82) is 0 Å². The summed E-state index contributed by atoms with van der Waals surface area (Å²) < 4.78 is 0. The Morgan fingerprint density at radius 1 is 0.268 bits per heavy atom. The molecule has 0 bridgehead atoms. The van der Waals surface area contributed by atoms with E-state index in [0.717, 1.165) is 12.8 Å². The van der Waals surface area contributed by atoms with Crippen LogP contribution in [0.15, 0.2) is 0 Å². The van der Waals surface area contributed by atoms with E-state index in [0.29, 0.717) is 0 Å². The molecule has 0 unspecified atom stereocenters. The van der Waals surface area contributed by atoms with Crippen LogP contribution >= 0.6 is 0 Å². The van der Waals surface area contributed by atoms with Crippen molar-refractivity contribution >= 4 is 0 Å². The van der Waals surface area contributed by atoms with Crippen LogP contribution in [-0.4, -0.2) is 5.11 Å². The fourth-order valence-electron chi connectivity index (χ4n) is 6.35. The predicted molar refractivity (Wildman–Crippen MR) is 186 cm³/mol. The molecule has 0 aliphatic carbocycles. The summed E-state index contributed by atoms with van der Waals surface area (Å²) in [6.07, 6.45) is 55.0. The van der Waals surface area contributed by atoms with E-state index in [1.54, 1.807) is 0 Å². The fourth-order valence-corrected chi connectivity index (χ4v) is 6.35. The van der Waals surface area contributed by atoms with E-state index in [-0.39, 0.29) is 0 Å². The molecule has 0 saturated heterocycles. The third-order valence-electron chi connectivity index (χ3n) is 9.23. The van der Waals surface area contributed by atoms with Gasteiger partial charge in [-0.25, -0.2) is 0 Å². The van der Waals surface area contributed by atoms with E-state index >= 15 is 0 Å². The normalized spacial score (nSPS) is 11.1. The molecule has 0 radical (unpaired) electrons. The van der Waals surface area contributed by atoms with E-state index in [2.05, 4.69) is 12.8 Å². The van der Waals surface area contributed by atoms with Crippen molar-refractivity contribution in [1.82, 2.24) is 0 Å². The Bertz CT molecular complexity index is 501. The number of aliphatic hydroxyl groups excluding tert-OH is 1. The van der Waals surface area contributed by atoms with Gasteiger partial charge in [-0.05, 0) is 6.42 Å². The maximum Gasteiger partial charge on any atom is 0.107 e. The lowest BCUT2D eigenvalue weighted by atomic mass is 10.0. The SMILES string of the molecule is CCCCCCCCCCCCCCCCCCCCCCCCCCCCCCCCCCCCCCC#CO. The smallest absolute Gasteiger partial charge is 0.107 e.